The Morgan fingerprint density at radius 3 is 2.60 bits per heavy atom. The van der Waals surface area contributed by atoms with Crippen LogP contribution in [0.15, 0.2) is 15.9 Å². The van der Waals surface area contributed by atoms with Gasteiger partial charge in [0.1, 0.15) is 0 Å². The number of halogens is 1. The van der Waals surface area contributed by atoms with E-state index in [1.807, 2.05) is 12.1 Å². The molecule has 0 aromatic carbocycles. The minimum Gasteiger partial charge on any atom is -0.312 e. The van der Waals surface area contributed by atoms with E-state index in [1.165, 1.54) is 11.3 Å². The van der Waals surface area contributed by atoms with E-state index in [-0.39, 0.29) is 11.3 Å². The highest BCUT2D eigenvalue weighted by Gasteiger charge is 2.11. The van der Waals surface area contributed by atoms with Gasteiger partial charge in [0.05, 0.1) is 8.66 Å². The van der Waals surface area contributed by atoms with E-state index in [1.54, 1.807) is 0 Å². The van der Waals surface area contributed by atoms with Crippen molar-refractivity contribution < 1.29 is 4.79 Å². The molecule has 0 atom stereocenters. The molecule has 0 unspecified atom stereocenters. The van der Waals surface area contributed by atoms with Gasteiger partial charge in [-0.25, -0.2) is 0 Å². The summed E-state index contributed by atoms with van der Waals surface area (Å²) in [5, 5.41) is 3.30. The number of thiophene rings is 1. The minimum atomic E-state index is 0.0797. The van der Waals surface area contributed by atoms with Crippen LogP contribution in [-0.2, 0) is 0 Å². The lowest BCUT2D eigenvalue weighted by Crippen LogP contribution is -2.37. The molecule has 0 aliphatic rings. The normalized spacial score (nSPS) is 11.7. The predicted octanol–water partition coefficient (Wildman–Crippen LogP) is 3.47. The Morgan fingerprint density at radius 1 is 1.47 bits per heavy atom. The monoisotopic (exact) mass is 289 g/mol. The van der Waals surface area contributed by atoms with Gasteiger partial charge < -0.3 is 5.32 Å². The van der Waals surface area contributed by atoms with Crippen LogP contribution in [0.3, 0.4) is 0 Å². The van der Waals surface area contributed by atoms with Crippen molar-refractivity contribution in [1.29, 1.82) is 0 Å². The van der Waals surface area contributed by atoms with Crippen LogP contribution in [0.4, 0.5) is 0 Å². The van der Waals surface area contributed by atoms with Crippen molar-refractivity contribution in [1.82, 2.24) is 5.32 Å². The van der Waals surface area contributed by atoms with Gasteiger partial charge in [0.15, 0.2) is 5.78 Å². The van der Waals surface area contributed by atoms with Crippen molar-refractivity contribution in [2.24, 2.45) is 0 Å². The first-order valence-electron chi connectivity index (χ1n) is 4.92. The van der Waals surface area contributed by atoms with Gasteiger partial charge in [0, 0.05) is 18.5 Å². The number of ketones is 1. The highest BCUT2D eigenvalue weighted by Crippen LogP contribution is 2.22. The van der Waals surface area contributed by atoms with Crippen LogP contribution in [0.2, 0.25) is 0 Å². The maximum Gasteiger partial charge on any atom is 0.174 e. The van der Waals surface area contributed by atoms with Gasteiger partial charge in [-0.1, -0.05) is 0 Å². The van der Waals surface area contributed by atoms with Crippen LogP contribution in [0, 0.1) is 0 Å². The molecule has 1 aromatic heterocycles. The Labute approximate surface area is 103 Å². The van der Waals surface area contributed by atoms with Crippen LogP contribution in [0.5, 0.6) is 0 Å². The SMILES string of the molecule is CC(C)(C)NCCC(=O)c1ccc(Br)s1. The molecule has 0 saturated carbocycles. The van der Waals surface area contributed by atoms with E-state index < -0.39 is 0 Å². The molecular weight excluding hydrogens is 274 g/mol. The highest BCUT2D eigenvalue weighted by atomic mass is 79.9. The molecule has 0 aliphatic heterocycles. The first-order chi connectivity index (χ1) is 6.88. The summed E-state index contributed by atoms with van der Waals surface area (Å²) in [4.78, 5) is 12.5. The van der Waals surface area contributed by atoms with E-state index in [0.717, 1.165) is 15.2 Å². The van der Waals surface area contributed by atoms with E-state index in [0.29, 0.717) is 6.42 Å². The number of carbonyl (C=O) groups excluding carboxylic acids is 1. The summed E-state index contributed by atoms with van der Waals surface area (Å²) >= 11 is 4.84. The van der Waals surface area contributed by atoms with E-state index in [2.05, 4.69) is 42.0 Å². The van der Waals surface area contributed by atoms with Gasteiger partial charge in [0.25, 0.3) is 0 Å². The van der Waals surface area contributed by atoms with Gasteiger partial charge in [0.2, 0.25) is 0 Å². The zero-order valence-electron chi connectivity index (χ0n) is 9.26. The maximum absolute atomic E-state index is 11.7. The first kappa shape index (κ1) is 12.9. The molecule has 0 spiro atoms. The summed E-state index contributed by atoms with van der Waals surface area (Å²) in [7, 11) is 0. The average Bonchev–Trinajstić information content (AvgIpc) is 2.49. The molecular formula is C11H16BrNOS. The molecule has 1 heterocycles. The average molecular weight is 290 g/mol. The number of hydrogen-bond acceptors (Lipinski definition) is 3. The molecule has 1 N–H and O–H groups in total. The second-order valence-electron chi connectivity index (χ2n) is 4.45. The van der Waals surface area contributed by atoms with Crippen LogP contribution in [0.1, 0.15) is 36.9 Å². The predicted molar refractivity (Wildman–Crippen MR) is 68.7 cm³/mol. The van der Waals surface area contributed by atoms with Crippen molar-refractivity contribution in [2.45, 2.75) is 32.7 Å². The summed E-state index contributed by atoms with van der Waals surface area (Å²) < 4.78 is 1.01. The van der Waals surface area contributed by atoms with Crippen molar-refractivity contribution in [3.63, 3.8) is 0 Å². The lowest BCUT2D eigenvalue weighted by Gasteiger charge is -2.19. The number of nitrogens with one attached hydrogen (secondary N) is 1. The second-order valence-corrected chi connectivity index (χ2v) is 6.92. The van der Waals surface area contributed by atoms with Gasteiger partial charge in [-0.05, 0) is 48.8 Å². The Balaban J connectivity index is 2.37. The quantitative estimate of drug-likeness (QED) is 0.860. The van der Waals surface area contributed by atoms with E-state index in [9.17, 15) is 4.79 Å². The Bertz CT molecular complexity index is 341. The van der Waals surface area contributed by atoms with E-state index in [4.69, 9.17) is 0 Å². The number of rotatable bonds is 4. The largest absolute Gasteiger partial charge is 0.312 e. The third-order valence-electron chi connectivity index (χ3n) is 1.86. The number of hydrogen-bond donors (Lipinski definition) is 1. The van der Waals surface area contributed by atoms with Gasteiger partial charge >= 0.3 is 0 Å². The lowest BCUT2D eigenvalue weighted by atomic mass is 10.1. The minimum absolute atomic E-state index is 0.0797. The van der Waals surface area contributed by atoms with Gasteiger partial charge in [-0.15, -0.1) is 11.3 Å². The summed E-state index contributed by atoms with van der Waals surface area (Å²) in [6.07, 6.45) is 0.560. The summed E-state index contributed by atoms with van der Waals surface area (Å²) in [6, 6.07) is 3.78. The summed E-state index contributed by atoms with van der Waals surface area (Å²) in [5.74, 6) is 0.211. The van der Waals surface area contributed by atoms with Crippen molar-refractivity contribution in [3.8, 4) is 0 Å². The number of carbonyl (C=O) groups is 1. The first-order valence-corrected chi connectivity index (χ1v) is 6.53. The zero-order chi connectivity index (χ0) is 11.5. The molecule has 2 nitrogen and oxygen atoms in total. The number of Topliss-reactive ketones (excluding diaryl/α,β-unsaturated/α-hetero) is 1. The van der Waals surface area contributed by atoms with Crippen LogP contribution in [-0.4, -0.2) is 17.9 Å². The van der Waals surface area contributed by atoms with Crippen molar-refractivity contribution in [2.75, 3.05) is 6.54 Å². The molecule has 0 saturated heterocycles. The van der Waals surface area contributed by atoms with Crippen LogP contribution < -0.4 is 5.32 Å². The van der Waals surface area contributed by atoms with Crippen LogP contribution >= 0.6 is 27.3 Å². The van der Waals surface area contributed by atoms with Gasteiger partial charge in [-0.2, -0.15) is 0 Å². The molecule has 1 aromatic rings. The molecule has 1 rings (SSSR count). The fourth-order valence-corrected chi connectivity index (χ4v) is 2.49. The maximum atomic E-state index is 11.7. The molecule has 4 heteroatoms. The smallest absolute Gasteiger partial charge is 0.174 e. The van der Waals surface area contributed by atoms with Crippen molar-refractivity contribution in [3.05, 3.63) is 20.8 Å². The van der Waals surface area contributed by atoms with Crippen molar-refractivity contribution >= 4 is 33.0 Å². The molecule has 0 fully saturated rings. The van der Waals surface area contributed by atoms with Crippen LogP contribution in [0.25, 0.3) is 0 Å². The second kappa shape index (κ2) is 5.23. The Kier molecular flexibility index (Phi) is 4.49. The fourth-order valence-electron chi connectivity index (χ4n) is 1.14. The third-order valence-corrected chi connectivity index (χ3v) is 3.52. The topological polar surface area (TPSA) is 29.1 Å². The lowest BCUT2D eigenvalue weighted by molar-refractivity contribution is 0.0984. The summed E-state index contributed by atoms with van der Waals surface area (Å²) in [6.45, 7) is 7.02. The molecule has 0 radical (unpaired) electrons. The standard InChI is InChI=1S/C11H16BrNOS/c1-11(2,3)13-7-6-8(14)9-4-5-10(12)15-9/h4-5,13H,6-7H2,1-3H3. The molecule has 0 aliphatic carbocycles. The van der Waals surface area contributed by atoms with E-state index >= 15 is 0 Å². The third kappa shape index (κ3) is 4.91. The molecule has 84 valence electrons. The molecule has 0 amide bonds. The summed E-state index contributed by atoms with van der Waals surface area (Å²) in [5.41, 5.74) is 0.0797. The molecule has 15 heavy (non-hydrogen) atoms. The zero-order valence-corrected chi connectivity index (χ0v) is 11.7. The highest BCUT2D eigenvalue weighted by molar-refractivity contribution is 9.11. The Morgan fingerprint density at radius 2 is 2.13 bits per heavy atom. The Hall–Kier alpha value is -0.190. The van der Waals surface area contributed by atoms with Gasteiger partial charge in [-0.3, -0.25) is 4.79 Å². The fraction of sp³-hybridized carbons (Fsp3) is 0.545. The molecule has 0 bridgehead atoms.